The van der Waals surface area contributed by atoms with Crippen LogP contribution in [0.5, 0.6) is 0 Å². The Morgan fingerprint density at radius 3 is 2.67 bits per heavy atom. The van der Waals surface area contributed by atoms with E-state index in [1.54, 1.807) is 12.1 Å². The summed E-state index contributed by atoms with van der Waals surface area (Å²) in [7, 11) is 0. The van der Waals surface area contributed by atoms with Crippen molar-refractivity contribution in [2.24, 2.45) is 0 Å². The minimum Gasteiger partial charge on any atom is -0.395 e. The highest BCUT2D eigenvalue weighted by molar-refractivity contribution is 6.17. The van der Waals surface area contributed by atoms with E-state index in [1.165, 1.54) is 6.08 Å². The Bertz CT molecular complexity index is 782. The molecule has 1 aromatic rings. The molecule has 4 rings (SSSR count). The van der Waals surface area contributed by atoms with Gasteiger partial charge in [-0.05, 0) is 36.6 Å². The van der Waals surface area contributed by atoms with Gasteiger partial charge in [-0.15, -0.1) is 0 Å². The Morgan fingerprint density at radius 2 is 1.96 bits per heavy atom. The average Bonchev–Trinajstić information content (AvgIpc) is 3.31. The largest absolute Gasteiger partial charge is 0.395 e. The van der Waals surface area contributed by atoms with Crippen molar-refractivity contribution in [2.45, 2.75) is 25.4 Å². The minimum absolute atomic E-state index is 0.0195. The number of carbonyl (C=O) groups excluding carboxylic acids is 3. The summed E-state index contributed by atoms with van der Waals surface area (Å²) in [6, 6.07) is 5.71. The molecule has 24 heavy (non-hydrogen) atoms. The minimum atomic E-state index is -0.453. The number of β-amino-alcohol motifs (C(OH)–C–C–N with tert-alkyl or cyclic N) is 1. The summed E-state index contributed by atoms with van der Waals surface area (Å²) in [4.78, 5) is 39.1. The van der Waals surface area contributed by atoms with Gasteiger partial charge in [-0.1, -0.05) is 0 Å². The zero-order chi connectivity index (χ0) is 16.8. The fraction of sp³-hybridized carbons (Fsp3) is 0.353. The second-order valence-corrected chi connectivity index (χ2v) is 6.24. The van der Waals surface area contributed by atoms with Crippen molar-refractivity contribution in [2.75, 3.05) is 18.5 Å². The van der Waals surface area contributed by atoms with Crippen molar-refractivity contribution in [3.05, 3.63) is 41.1 Å². The molecule has 0 spiro atoms. The summed E-state index contributed by atoms with van der Waals surface area (Å²) < 4.78 is 0. The Kier molecular flexibility index (Phi) is 3.38. The van der Waals surface area contributed by atoms with Crippen LogP contribution in [0.25, 0.3) is 0 Å². The third-order valence-electron chi connectivity index (χ3n) is 4.54. The molecule has 0 aromatic heterocycles. The van der Waals surface area contributed by atoms with Crippen molar-refractivity contribution in [3.63, 3.8) is 0 Å². The molecule has 2 heterocycles. The first kappa shape index (κ1) is 14.9. The van der Waals surface area contributed by atoms with E-state index in [-0.39, 0.29) is 24.8 Å². The highest BCUT2D eigenvalue weighted by atomic mass is 16.3. The number of imide groups is 1. The standard InChI is InChI=1S/C17H17N3O4/c21-6-5-19-15(22)8-14(17(19)24)18-11-1-4-13-10(7-11)9-20(16(13)23)12-2-3-12/h1,4,7-8,12,18,21H,2-3,5-6,9H2. The number of aliphatic hydroxyl groups excluding tert-OH is 1. The van der Waals surface area contributed by atoms with Crippen molar-refractivity contribution < 1.29 is 19.5 Å². The molecule has 124 valence electrons. The van der Waals surface area contributed by atoms with Crippen LogP contribution in [0, 0.1) is 0 Å². The van der Waals surface area contributed by atoms with Gasteiger partial charge in [-0.3, -0.25) is 19.3 Å². The van der Waals surface area contributed by atoms with Gasteiger partial charge in [-0.2, -0.15) is 0 Å². The quantitative estimate of drug-likeness (QED) is 0.767. The molecule has 0 radical (unpaired) electrons. The molecule has 0 saturated heterocycles. The normalized spacial score (nSPS) is 19.9. The number of aliphatic hydroxyl groups is 1. The predicted molar refractivity (Wildman–Crippen MR) is 84.8 cm³/mol. The number of benzene rings is 1. The number of fused-ring (bicyclic) bond motifs is 1. The third-order valence-corrected chi connectivity index (χ3v) is 4.54. The van der Waals surface area contributed by atoms with E-state index in [0.717, 1.165) is 23.3 Å². The molecule has 2 aliphatic heterocycles. The van der Waals surface area contributed by atoms with Crippen LogP contribution >= 0.6 is 0 Å². The van der Waals surface area contributed by atoms with E-state index in [0.29, 0.717) is 23.8 Å². The molecule has 3 amide bonds. The first-order valence-corrected chi connectivity index (χ1v) is 7.98. The number of nitrogens with zero attached hydrogens (tertiary/aromatic N) is 2. The van der Waals surface area contributed by atoms with Crippen LogP contribution in [0.3, 0.4) is 0 Å². The third kappa shape index (κ3) is 2.37. The molecular formula is C17H17N3O4. The second kappa shape index (κ2) is 5.45. The lowest BCUT2D eigenvalue weighted by molar-refractivity contribution is -0.137. The number of hydrogen-bond acceptors (Lipinski definition) is 5. The summed E-state index contributed by atoms with van der Waals surface area (Å²) in [5.74, 6) is -0.822. The fourth-order valence-corrected chi connectivity index (χ4v) is 3.17. The molecule has 0 unspecified atom stereocenters. The van der Waals surface area contributed by atoms with E-state index in [1.807, 2.05) is 11.0 Å². The zero-order valence-electron chi connectivity index (χ0n) is 13.0. The maximum Gasteiger partial charge on any atom is 0.277 e. The summed E-state index contributed by atoms with van der Waals surface area (Å²) in [6.45, 7) is 0.307. The molecule has 1 fully saturated rings. The molecule has 0 atom stereocenters. The smallest absolute Gasteiger partial charge is 0.277 e. The first-order chi connectivity index (χ1) is 11.6. The van der Waals surface area contributed by atoms with Crippen molar-refractivity contribution in [1.82, 2.24) is 9.80 Å². The lowest BCUT2D eigenvalue weighted by Gasteiger charge is -2.13. The van der Waals surface area contributed by atoms with Crippen molar-refractivity contribution >= 4 is 23.4 Å². The first-order valence-electron chi connectivity index (χ1n) is 7.98. The van der Waals surface area contributed by atoms with Gasteiger partial charge in [0.15, 0.2) is 0 Å². The number of carbonyl (C=O) groups is 3. The van der Waals surface area contributed by atoms with E-state index in [4.69, 9.17) is 5.11 Å². The van der Waals surface area contributed by atoms with E-state index >= 15 is 0 Å². The summed E-state index contributed by atoms with van der Waals surface area (Å²) in [5.41, 5.74) is 2.48. The van der Waals surface area contributed by atoms with Crippen LogP contribution in [-0.2, 0) is 16.1 Å². The molecular weight excluding hydrogens is 310 g/mol. The van der Waals surface area contributed by atoms with Gasteiger partial charge in [0.05, 0.1) is 13.2 Å². The zero-order valence-corrected chi connectivity index (χ0v) is 13.0. The molecule has 7 heteroatoms. The maximum atomic E-state index is 12.3. The SMILES string of the molecule is O=C1C=C(Nc2ccc3c(c2)CN(C2CC2)C3=O)C(=O)N1CCO. The monoisotopic (exact) mass is 327 g/mol. The van der Waals surface area contributed by atoms with Gasteiger partial charge in [0.2, 0.25) is 0 Å². The molecule has 0 bridgehead atoms. The number of amides is 3. The number of hydrogen-bond donors (Lipinski definition) is 2. The number of rotatable bonds is 5. The van der Waals surface area contributed by atoms with E-state index in [2.05, 4.69) is 5.32 Å². The molecule has 3 aliphatic rings. The van der Waals surface area contributed by atoms with Crippen LogP contribution < -0.4 is 5.32 Å². The van der Waals surface area contributed by atoms with Gasteiger partial charge in [-0.25, -0.2) is 0 Å². The van der Waals surface area contributed by atoms with Crippen LogP contribution in [0.4, 0.5) is 5.69 Å². The number of nitrogens with one attached hydrogen (secondary N) is 1. The molecule has 1 saturated carbocycles. The van der Waals surface area contributed by atoms with E-state index in [9.17, 15) is 14.4 Å². The Morgan fingerprint density at radius 1 is 1.17 bits per heavy atom. The number of anilines is 1. The molecule has 7 nitrogen and oxygen atoms in total. The highest BCUT2D eigenvalue weighted by Gasteiger charge is 2.38. The molecule has 2 N–H and O–H groups in total. The predicted octanol–water partition coefficient (Wildman–Crippen LogP) is 0.462. The van der Waals surface area contributed by atoms with Gasteiger partial charge < -0.3 is 15.3 Å². The summed E-state index contributed by atoms with van der Waals surface area (Å²) >= 11 is 0. The van der Waals surface area contributed by atoms with Crippen LogP contribution in [0.15, 0.2) is 30.0 Å². The Hall–Kier alpha value is -2.67. The van der Waals surface area contributed by atoms with Gasteiger partial charge >= 0.3 is 0 Å². The maximum absolute atomic E-state index is 12.3. The van der Waals surface area contributed by atoms with Gasteiger partial charge in [0, 0.05) is 29.9 Å². The average molecular weight is 327 g/mol. The Balaban J connectivity index is 1.52. The lowest BCUT2D eigenvalue weighted by atomic mass is 10.1. The van der Waals surface area contributed by atoms with Gasteiger partial charge in [0.1, 0.15) is 5.70 Å². The van der Waals surface area contributed by atoms with Crippen LogP contribution in [0.1, 0.15) is 28.8 Å². The van der Waals surface area contributed by atoms with Crippen LogP contribution in [-0.4, -0.2) is 51.8 Å². The Labute approximate surface area is 138 Å². The molecule has 1 aromatic carbocycles. The molecule has 1 aliphatic carbocycles. The topological polar surface area (TPSA) is 90.0 Å². The fourth-order valence-electron chi connectivity index (χ4n) is 3.17. The second-order valence-electron chi connectivity index (χ2n) is 6.24. The van der Waals surface area contributed by atoms with Gasteiger partial charge in [0.25, 0.3) is 17.7 Å². The van der Waals surface area contributed by atoms with E-state index < -0.39 is 11.8 Å². The van der Waals surface area contributed by atoms with Crippen molar-refractivity contribution in [1.29, 1.82) is 0 Å². The lowest BCUT2D eigenvalue weighted by Crippen LogP contribution is -2.34. The summed E-state index contributed by atoms with van der Waals surface area (Å²) in [5, 5.41) is 11.9. The van der Waals surface area contributed by atoms with Crippen LogP contribution in [0.2, 0.25) is 0 Å². The van der Waals surface area contributed by atoms with Crippen molar-refractivity contribution in [3.8, 4) is 0 Å². The summed E-state index contributed by atoms with van der Waals surface area (Å²) in [6.07, 6.45) is 3.36. The highest BCUT2D eigenvalue weighted by Crippen LogP contribution is 2.35.